The molecular weight excluding hydrogens is 298 g/mol. The van der Waals surface area contributed by atoms with E-state index in [0.29, 0.717) is 13.1 Å². The molecule has 1 heterocycles. The maximum absolute atomic E-state index is 12.2. The number of benzene rings is 1. The van der Waals surface area contributed by atoms with E-state index < -0.39 is 0 Å². The summed E-state index contributed by atoms with van der Waals surface area (Å²) in [5.74, 6) is 0.0830. The molecule has 1 aliphatic rings. The number of urea groups is 1. The van der Waals surface area contributed by atoms with Gasteiger partial charge in [-0.1, -0.05) is 18.2 Å². The highest BCUT2D eigenvalue weighted by Gasteiger charge is 2.25. The fourth-order valence-corrected chi connectivity index (χ4v) is 2.66. The zero-order valence-electron chi connectivity index (χ0n) is 13.0. The Bertz CT molecular complexity index is 501. The van der Waals surface area contributed by atoms with E-state index >= 15 is 0 Å². The summed E-state index contributed by atoms with van der Waals surface area (Å²) < 4.78 is 0. The van der Waals surface area contributed by atoms with Crippen molar-refractivity contribution in [1.82, 2.24) is 10.2 Å². The van der Waals surface area contributed by atoms with Crippen molar-refractivity contribution in [2.24, 2.45) is 0 Å². The Kier molecular flexibility index (Phi) is 6.12. The standard InChI is InChI=1S/C16H23N3O2S/c1-12(22-2)15(20)17-14-8-10-19(11-9-14)16(21)18-13-6-4-3-5-7-13/h3-7,12,14H,8-11H2,1-2H3,(H,17,20)(H,18,21). The van der Waals surface area contributed by atoms with E-state index in [1.54, 1.807) is 16.7 Å². The third-order valence-electron chi connectivity index (χ3n) is 3.88. The van der Waals surface area contributed by atoms with Gasteiger partial charge in [-0.25, -0.2) is 4.79 Å². The molecule has 0 aliphatic carbocycles. The lowest BCUT2D eigenvalue weighted by atomic mass is 10.1. The zero-order valence-corrected chi connectivity index (χ0v) is 13.9. The molecule has 0 radical (unpaired) electrons. The third-order valence-corrected chi connectivity index (χ3v) is 4.80. The lowest BCUT2D eigenvalue weighted by Crippen LogP contribution is -2.49. The smallest absolute Gasteiger partial charge is 0.321 e. The molecule has 1 aromatic carbocycles. The average molecular weight is 321 g/mol. The molecule has 0 saturated carbocycles. The van der Waals surface area contributed by atoms with Crippen molar-refractivity contribution < 1.29 is 9.59 Å². The van der Waals surface area contributed by atoms with Gasteiger partial charge in [0.25, 0.3) is 0 Å². The lowest BCUT2D eigenvalue weighted by Gasteiger charge is -2.32. The first-order valence-electron chi connectivity index (χ1n) is 7.54. The van der Waals surface area contributed by atoms with Crippen molar-refractivity contribution >= 4 is 29.4 Å². The maximum Gasteiger partial charge on any atom is 0.321 e. The van der Waals surface area contributed by atoms with Crippen LogP contribution in [0.1, 0.15) is 19.8 Å². The van der Waals surface area contributed by atoms with Crippen LogP contribution in [-0.2, 0) is 4.79 Å². The number of nitrogens with one attached hydrogen (secondary N) is 2. The van der Waals surface area contributed by atoms with E-state index in [1.807, 2.05) is 43.5 Å². The first-order chi connectivity index (χ1) is 10.6. The predicted molar refractivity (Wildman–Crippen MR) is 91.2 cm³/mol. The van der Waals surface area contributed by atoms with Gasteiger partial charge in [-0.3, -0.25) is 4.79 Å². The van der Waals surface area contributed by atoms with E-state index in [0.717, 1.165) is 18.5 Å². The number of piperidine rings is 1. The van der Waals surface area contributed by atoms with E-state index in [2.05, 4.69) is 10.6 Å². The Labute approximate surface area is 135 Å². The highest BCUT2D eigenvalue weighted by atomic mass is 32.2. The van der Waals surface area contributed by atoms with Crippen molar-refractivity contribution in [1.29, 1.82) is 0 Å². The second kappa shape index (κ2) is 8.08. The van der Waals surface area contributed by atoms with E-state index in [4.69, 9.17) is 0 Å². The molecule has 0 aromatic heterocycles. The second-order valence-electron chi connectivity index (χ2n) is 5.44. The quantitative estimate of drug-likeness (QED) is 0.896. The molecule has 3 amide bonds. The van der Waals surface area contributed by atoms with E-state index in [9.17, 15) is 9.59 Å². The topological polar surface area (TPSA) is 61.4 Å². The molecule has 2 N–H and O–H groups in total. The van der Waals surface area contributed by atoms with Crippen LogP contribution in [0.5, 0.6) is 0 Å². The molecule has 1 aliphatic heterocycles. The summed E-state index contributed by atoms with van der Waals surface area (Å²) in [7, 11) is 0. The van der Waals surface area contributed by atoms with Crippen molar-refractivity contribution in [2.45, 2.75) is 31.1 Å². The van der Waals surface area contributed by atoms with Crippen molar-refractivity contribution in [3.05, 3.63) is 30.3 Å². The van der Waals surface area contributed by atoms with Crippen molar-refractivity contribution in [3.8, 4) is 0 Å². The minimum atomic E-state index is -0.0755. The second-order valence-corrected chi connectivity index (χ2v) is 6.62. The number of carbonyl (C=O) groups is 2. The molecule has 1 fully saturated rings. The number of rotatable bonds is 4. The maximum atomic E-state index is 12.2. The van der Waals surface area contributed by atoms with Gasteiger partial charge in [0.2, 0.25) is 5.91 Å². The summed E-state index contributed by atoms with van der Waals surface area (Å²) in [6.45, 7) is 3.23. The Morgan fingerprint density at radius 3 is 2.45 bits per heavy atom. The van der Waals surface area contributed by atoms with Gasteiger partial charge in [-0.05, 0) is 38.2 Å². The summed E-state index contributed by atoms with van der Waals surface area (Å²) in [4.78, 5) is 25.8. The number of carbonyl (C=O) groups excluding carboxylic acids is 2. The van der Waals surface area contributed by atoms with Crippen LogP contribution in [0.3, 0.4) is 0 Å². The Hall–Kier alpha value is -1.69. The monoisotopic (exact) mass is 321 g/mol. The third kappa shape index (κ3) is 4.66. The van der Waals surface area contributed by atoms with Gasteiger partial charge in [0.05, 0.1) is 5.25 Å². The van der Waals surface area contributed by atoms with Gasteiger partial charge in [0.1, 0.15) is 0 Å². The molecule has 1 aromatic rings. The van der Waals surface area contributed by atoms with Crippen molar-refractivity contribution in [2.75, 3.05) is 24.7 Å². The van der Waals surface area contributed by atoms with Gasteiger partial charge < -0.3 is 15.5 Å². The number of amides is 3. The van der Waals surface area contributed by atoms with Gasteiger partial charge in [-0.2, -0.15) is 11.8 Å². The highest BCUT2D eigenvalue weighted by molar-refractivity contribution is 7.99. The summed E-state index contributed by atoms with van der Waals surface area (Å²) >= 11 is 1.54. The predicted octanol–water partition coefficient (Wildman–Crippen LogP) is 2.55. The number of likely N-dealkylation sites (tertiary alicyclic amines) is 1. The van der Waals surface area contributed by atoms with Crippen LogP contribution in [0, 0.1) is 0 Å². The fourth-order valence-electron chi connectivity index (χ4n) is 2.38. The number of nitrogens with zero attached hydrogens (tertiary/aromatic N) is 1. The molecule has 1 atom stereocenters. The van der Waals surface area contributed by atoms with Gasteiger partial charge in [-0.15, -0.1) is 0 Å². The molecule has 2 rings (SSSR count). The largest absolute Gasteiger partial charge is 0.352 e. The summed E-state index contributed by atoms with van der Waals surface area (Å²) in [5, 5.41) is 5.92. The lowest BCUT2D eigenvalue weighted by molar-refractivity contribution is -0.121. The molecule has 120 valence electrons. The Balaban J connectivity index is 1.77. The highest BCUT2D eigenvalue weighted by Crippen LogP contribution is 2.14. The number of para-hydroxylation sites is 1. The van der Waals surface area contributed by atoms with Crippen LogP contribution in [0.4, 0.5) is 10.5 Å². The minimum absolute atomic E-state index is 0.0283. The first-order valence-corrected chi connectivity index (χ1v) is 8.83. The fraction of sp³-hybridized carbons (Fsp3) is 0.500. The molecular formula is C16H23N3O2S. The van der Waals surface area contributed by atoms with E-state index in [-0.39, 0.29) is 23.2 Å². The molecule has 0 bridgehead atoms. The summed E-state index contributed by atoms with van der Waals surface area (Å²) in [6.07, 6.45) is 3.53. The van der Waals surface area contributed by atoms with Gasteiger partial charge >= 0.3 is 6.03 Å². The summed E-state index contributed by atoms with van der Waals surface area (Å²) in [5.41, 5.74) is 0.803. The van der Waals surface area contributed by atoms with Gasteiger partial charge in [0, 0.05) is 24.8 Å². The van der Waals surface area contributed by atoms with Crippen LogP contribution in [0.2, 0.25) is 0 Å². The Morgan fingerprint density at radius 1 is 1.23 bits per heavy atom. The van der Waals surface area contributed by atoms with Crippen LogP contribution >= 0.6 is 11.8 Å². The van der Waals surface area contributed by atoms with Crippen LogP contribution in [-0.4, -0.2) is 47.5 Å². The van der Waals surface area contributed by atoms with E-state index in [1.165, 1.54) is 0 Å². The number of hydrogen-bond donors (Lipinski definition) is 2. The zero-order chi connectivity index (χ0) is 15.9. The number of hydrogen-bond acceptors (Lipinski definition) is 3. The molecule has 22 heavy (non-hydrogen) atoms. The summed E-state index contributed by atoms with van der Waals surface area (Å²) in [6, 6.07) is 9.54. The average Bonchev–Trinajstić information content (AvgIpc) is 2.55. The van der Waals surface area contributed by atoms with Crippen molar-refractivity contribution in [3.63, 3.8) is 0 Å². The van der Waals surface area contributed by atoms with Gasteiger partial charge in [0.15, 0.2) is 0 Å². The molecule has 1 saturated heterocycles. The molecule has 1 unspecified atom stereocenters. The molecule has 5 nitrogen and oxygen atoms in total. The molecule has 0 spiro atoms. The van der Waals surface area contributed by atoms with Crippen LogP contribution < -0.4 is 10.6 Å². The Morgan fingerprint density at radius 2 is 1.86 bits per heavy atom. The SMILES string of the molecule is CSC(C)C(=O)NC1CCN(C(=O)Nc2ccccc2)CC1. The number of anilines is 1. The number of thioether (sulfide) groups is 1. The van der Waals surface area contributed by atoms with Crippen LogP contribution in [0.15, 0.2) is 30.3 Å². The molecule has 6 heteroatoms. The minimum Gasteiger partial charge on any atom is -0.352 e. The normalized spacial score (nSPS) is 16.9. The first kappa shape index (κ1) is 16.7. The van der Waals surface area contributed by atoms with Crippen LogP contribution in [0.25, 0.3) is 0 Å².